The Hall–Kier alpha value is -1.72. The summed E-state index contributed by atoms with van der Waals surface area (Å²) in [5, 5.41) is 10.5. The number of hydrogen-bond donors (Lipinski definition) is 2. The molecule has 0 aliphatic carbocycles. The van der Waals surface area contributed by atoms with Gasteiger partial charge in [-0.2, -0.15) is 0 Å². The number of thiophene rings is 1. The number of nitro groups is 1. The van der Waals surface area contributed by atoms with Crippen LogP contribution in [-0.4, -0.2) is 13.3 Å². The van der Waals surface area contributed by atoms with Crippen molar-refractivity contribution in [3.63, 3.8) is 0 Å². The molecular weight excluding hydrogens is 389 g/mol. The molecule has 0 aliphatic rings. The second kappa shape index (κ2) is 5.58. The zero-order chi connectivity index (χ0) is 15.8. The molecule has 0 aliphatic heterocycles. The summed E-state index contributed by atoms with van der Waals surface area (Å²) in [7, 11) is -4.04. The fourth-order valence-corrected chi connectivity index (χ4v) is 4.05. The van der Waals surface area contributed by atoms with Crippen LogP contribution >= 0.6 is 27.3 Å². The molecular formula is C10H7BrFN3O4S2. The normalized spacial score (nSPS) is 11.3. The Balaban J connectivity index is 2.36. The van der Waals surface area contributed by atoms with E-state index in [1.54, 1.807) is 0 Å². The Morgan fingerprint density at radius 1 is 1.38 bits per heavy atom. The summed E-state index contributed by atoms with van der Waals surface area (Å²) in [6.07, 6.45) is 0. The minimum absolute atomic E-state index is 0.0828. The third kappa shape index (κ3) is 3.31. The summed E-state index contributed by atoms with van der Waals surface area (Å²) in [6, 6.07) is 4.41. The number of benzene rings is 1. The van der Waals surface area contributed by atoms with E-state index in [0.717, 1.165) is 12.1 Å². The molecule has 11 heteroatoms. The number of nitrogens with two attached hydrogens (primary N) is 1. The van der Waals surface area contributed by atoms with Gasteiger partial charge < -0.3 is 5.73 Å². The largest absolute Gasteiger partial charge is 0.385 e. The van der Waals surface area contributed by atoms with Crippen LogP contribution in [0.4, 0.5) is 20.8 Å². The van der Waals surface area contributed by atoms with E-state index in [9.17, 15) is 22.9 Å². The van der Waals surface area contributed by atoms with Gasteiger partial charge in [-0.1, -0.05) is 11.3 Å². The first kappa shape index (κ1) is 15.7. The average Bonchev–Trinajstić information content (AvgIpc) is 2.77. The number of hydrogen-bond acceptors (Lipinski definition) is 6. The fraction of sp³-hybridized carbons (Fsp3) is 0. The third-order valence-electron chi connectivity index (χ3n) is 2.35. The van der Waals surface area contributed by atoms with Crippen molar-refractivity contribution in [2.24, 2.45) is 0 Å². The molecule has 1 aromatic carbocycles. The summed E-state index contributed by atoms with van der Waals surface area (Å²) in [4.78, 5) is 9.91. The average molecular weight is 396 g/mol. The van der Waals surface area contributed by atoms with E-state index in [2.05, 4.69) is 20.7 Å². The van der Waals surface area contributed by atoms with Crippen molar-refractivity contribution in [2.75, 3.05) is 10.5 Å². The van der Waals surface area contributed by atoms with E-state index in [1.165, 1.54) is 12.1 Å². The van der Waals surface area contributed by atoms with Crippen LogP contribution in [0.15, 0.2) is 32.9 Å². The fourth-order valence-electron chi connectivity index (χ4n) is 1.41. The maximum Gasteiger partial charge on any atom is 0.304 e. The molecule has 21 heavy (non-hydrogen) atoms. The van der Waals surface area contributed by atoms with Crippen LogP contribution in [0.25, 0.3) is 0 Å². The van der Waals surface area contributed by atoms with Gasteiger partial charge in [-0.05, 0) is 34.1 Å². The maximum absolute atomic E-state index is 13.1. The SMILES string of the molecule is Nc1sc(S(=O)(=O)Nc2ccc(F)c(Br)c2)cc1[N+](=O)[O-]. The lowest BCUT2D eigenvalue weighted by atomic mass is 10.3. The highest BCUT2D eigenvalue weighted by Gasteiger charge is 2.25. The zero-order valence-corrected chi connectivity index (χ0v) is 13.3. The van der Waals surface area contributed by atoms with Gasteiger partial charge in [-0.25, -0.2) is 12.8 Å². The zero-order valence-electron chi connectivity index (χ0n) is 10.0. The lowest BCUT2D eigenvalue weighted by Crippen LogP contribution is -2.11. The lowest BCUT2D eigenvalue weighted by molar-refractivity contribution is -0.383. The van der Waals surface area contributed by atoms with Crippen molar-refractivity contribution in [3.8, 4) is 0 Å². The van der Waals surface area contributed by atoms with Crippen LogP contribution in [0.5, 0.6) is 0 Å². The minimum atomic E-state index is -4.04. The topological polar surface area (TPSA) is 115 Å². The van der Waals surface area contributed by atoms with Gasteiger partial charge in [-0.3, -0.25) is 14.8 Å². The van der Waals surface area contributed by atoms with E-state index in [1.807, 2.05) is 0 Å². The van der Waals surface area contributed by atoms with Crippen molar-refractivity contribution in [1.29, 1.82) is 0 Å². The molecule has 0 saturated heterocycles. The second-order valence-electron chi connectivity index (χ2n) is 3.81. The molecule has 3 N–H and O–H groups in total. The summed E-state index contributed by atoms with van der Waals surface area (Å²) in [6.45, 7) is 0. The first-order valence-corrected chi connectivity index (χ1v) is 8.31. The van der Waals surface area contributed by atoms with E-state index in [0.29, 0.717) is 11.3 Å². The van der Waals surface area contributed by atoms with E-state index in [4.69, 9.17) is 5.73 Å². The highest BCUT2D eigenvalue weighted by Crippen LogP contribution is 2.35. The number of halogens is 2. The molecule has 0 unspecified atom stereocenters. The molecule has 0 saturated carbocycles. The maximum atomic E-state index is 13.1. The van der Waals surface area contributed by atoms with Gasteiger partial charge in [0.15, 0.2) is 5.00 Å². The van der Waals surface area contributed by atoms with Crippen molar-refractivity contribution in [3.05, 3.63) is 44.7 Å². The molecule has 0 amide bonds. The summed E-state index contributed by atoms with van der Waals surface area (Å²) in [5.41, 5.74) is 5.04. The molecule has 0 fully saturated rings. The molecule has 0 atom stereocenters. The van der Waals surface area contributed by atoms with Gasteiger partial charge in [0.25, 0.3) is 10.0 Å². The van der Waals surface area contributed by atoms with E-state index in [-0.39, 0.29) is 19.4 Å². The predicted octanol–water partition coefficient (Wildman–Crippen LogP) is 2.94. The molecule has 1 heterocycles. The van der Waals surface area contributed by atoms with Crippen LogP contribution in [0.3, 0.4) is 0 Å². The van der Waals surface area contributed by atoms with Crippen LogP contribution in [0.1, 0.15) is 0 Å². The van der Waals surface area contributed by atoms with E-state index >= 15 is 0 Å². The Morgan fingerprint density at radius 2 is 2.05 bits per heavy atom. The van der Waals surface area contributed by atoms with Gasteiger partial charge >= 0.3 is 5.69 Å². The molecule has 112 valence electrons. The summed E-state index contributed by atoms with van der Waals surface area (Å²) >= 11 is 3.50. The molecule has 0 bridgehead atoms. The van der Waals surface area contributed by atoms with Crippen LogP contribution in [-0.2, 0) is 10.0 Å². The standard InChI is InChI=1S/C10H7BrFN3O4S2/c11-6-3-5(1-2-7(6)12)14-21(18,19)9-4-8(15(16)17)10(13)20-9/h1-4,14H,13H2. The van der Waals surface area contributed by atoms with Gasteiger partial charge in [0.2, 0.25) is 0 Å². The Morgan fingerprint density at radius 3 is 2.57 bits per heavy atom. The van der Waals surface area contributed by atoms with Crippen LogP contribution in [0, 0.1) is 15.9 Å². The Labute approximate surface area is 130 Å². The Kier molecular flexibility index (Phi) is 4.16. The van der Waals surface area contributed by atoms with E-state index < -0.39 is 26.5 Å². The highest BCUT2D eigenvalue weighted by atomic mass is 79.9. The minimum Gasteiger partial charge on any atom is -0.385 e. The summed E-state index contributed by atoms with van der Waals surface area (Å²) < 4.78 is 39.3. The van der Waals surface area contributed by atoms with Crippen molar-refractivity contribution in [1.82, 2.24) is 0 Å². The van der Waals surface area contributed by atoms with Crippen LogP contribution < -0.4 is 10.5 Å². The molecule has 0 radical (unpaired) electrons. The molecule has 1 aromatic heterocycles. The molecule has 2 aromatic rings. The summed E-state index contributed by atoms with van der Waals surface area (Å²) in [5.74, 6) is -0.547. The first-order valence-electron chi connectivity index (χ1n) is 5.22. The number of anilines is 2. The predicted molar refractivity (Wildman–Crippen MR) is 80.3 cm³/mol. The highest BCUT2D eigenvalue weighted by molar-refractivity contribution is 9.10. The molecule has 0 spiro atoms. The molecule has 2 rings (SSSR count). The van der Waals surface area contributed by atoms with Gasteiger partial charge in [0.1, 0.15) is 10.0 Å². The smallest absolute Gasteiger partial charge is 0.304 e. The molecule has 7 nitrogen and oxygen atoms in total. The monoisotopic (exact) mass is 395 g/mol. The number of sulfonamides is 1. The van der Waals surface area contributed by atoms with Crippen molar-refractivity contribution < 1.29 is 17.7 Å². The number of rotatable bonds is 4. The Bertz CT molecular complexity index is 822. The number of nitrogen functional groups attached to an aromatic ring is 1. The first-order chi connectivity index (χ1) is 9.70. The lowest BCUT2D eigenvalue weighted by Gasteiger charge is -2.06. The van der Waals surface area contributed by atoms with Gasteiger partial charge in [0.05, 0.1) is 15.1 Å². The number of nitrogens with zero attached hydrogens (tertiary/aromatic N) is 1. The number of nitrogens with one attached hydrogen (secondary N) is 1. The van der Waals surface area contributed by atoms with Gasteiger partial charge in [-0.15, -0.1) is 0 Å². The second-order valence-corrected chi connectivity index (χ2v) is 7.65. The van der Waals surface area contributed by atoms with Crippen LogP contribution in [0.2, 0.25) is 0 Å². The third-order valence-corrected chi connectivity index (χ3v) is 5.77. The van der Waals surface area contributed by atoms with Gasteiger partial charge in [0, 0.05) is 6.07 Å². The van der Waals surface area contributed by atoms with Crippen molar-refractivity contribution >= 4 is 53.7 Å². The van der Waals surface area contributed by atoms with Crippen molar-refractivity contribution in [2.45, 2.75) is 4.21 Å². The quantitative estimate of drug-likeness (QED) is 0.609.